The van der Waals surface area contributed by atoms with Gasteiger partial charge in [0.2, 0.25) is 16.5 Å². The van der Waals surface area contributed by atoms with E-state index in [1.807, 2.05) is 0 Å². The smallest absolute Gasteiger partial charge is 0.228 e. The van der Waals surface area contributed by atoms with Crippen LogP contribution in [0.2, 0.25) is 10.6 Å². The monoisotopic (exact) mass is 276 g/mol. The number of rotatable bonds is 3. The summed E-state index contributed by atoms with van der Waals surface area (Å²) in [6.45, 7) is 3.73. The Balaban J connectivity index is 1.99. The Kier molecular flexibility index (Phi) is 4.36. The number of hydrogen-bond donors (Lipinski definition) is 1. The lowest BCUT2D eigenvalue weighted by Gasteiger charge is -2.28. The number of nitrogens with zero attached hydrogens (tertiary/aromatic N) is 3. The molecule has 1 aliphatic rings. The number of hydrogen-bond acceptors (Lipinski definition) is 5. The highest BCUT2D eigenvalue weighted by atomic mass is 35.5. The van der Waals surface area contributed by atoms with Crippen molar-refractivity contribution >= 4 is 29.2 Å². The van der Waals surface area contributed by atoms with Crippen LogP contribution in [0.1, 0.15) is 19.8 Å². The van der Waals surface area contributed by atoms with E-state index in [-0.39, 0.29) is 16.6 Å². The Morgan fingerprint density at radius 2 is 1.76 bits per heavy atom. The van der Waals surface area contributed by atoms with E-state index in [0.29, 0.717) is 11.9 Å². The summed E-state index contributed by atoms with van der Waals surface area (Å²) in [5.41, 5.74) is 0. The summed E-state index contributed by atoms with van der Waals surface area (Å²) in [4.78, 5) is 11.7. The maximum absolute atomic E-state index is 5.71. The van der Waals surface area contributed by atoms with Gasteiger partial charge < -0.3 is 10.1 Å². The lowest BCUT2D eigenvalue weighted by molar-refractivity contribution is 0.0621. The van der Waals surface area contributed by atoms with Crippen LogP contribution in [-0.4, -0.2) is 34.2 Å². The lowest BCUT2D eigenvalue weighted by atomic mass is 9.93. The molecular weight excluding hydrogens is 263 g/mol. The fourth-order valence-electron chi connectivity index (χ4n) is 1.93. The Hall–Kier alpha value is -0.650. The van der Waals surface area contributed by atoms with Crippen molar-refractivity contribution in [1.82, 2.24) is 15.0 Å². The van der Waals surface area contributed by atoms with Crippen molar-refractivity contribution in [3.05, 3.63) is 10.6 Å². The predicted molar refractivity (Wildman–Crippen MR) is 66.5 cm³/mol. The van der Waals surface area contributed by atoms with Crippen LogP contribution in [0, 0.1) is 5.92 Å². The molecule has 1 fully saturated rings. The largest absolute Gasteiger partial charge is 0.381 e. The first-order valence-electron chi connectivity index (χ1n) is 5.56. The van der Waals surface area contributed by atoms with Crippen molar-refractivity contribution < 1.29 is 4.74 Å². The molecule has 0 bridgehead atoms. The molecule has 7 heteroatoms. The number of halogens is 2. The molecule has 1 aromatic heterocycles. The van der Waals surface area contributed by atoms with Gasteiger partial charge in [0, 0.05) is 19.3 Å². The molecule has 1 atom stereocenters. The maximum Gasteiger partial charge on any atom is 0.228 e. The molecule has 2 heterocycles. The predicted octanol–water partition coefficient (Wildman–Crippen LogP) is 2.41. The molecule has 1 saturated heterocycles. The first-order chi connectivity index (χ1) is 8.15. The summed E-state index contributed by atoms with van der Waals surface area (Å²) in [7, 11) is 0. The second-order valence-electron chi connectivity index (χ2n) is 4.08. The van der Waals surface area contributed by atoms with Crippen molar-refractivity contribution in [2.45, 2.75) is 25.8 Å². The summed E-state index contributed by atoms with van der Waals surface area (Å²) >= 11 is 11.4. The number of nitrogens with one attached hydrogen (secondary N) is 1. The molecule has 0 spiro atoms. The molecular formula is C10H14Cl2N4O. The van der Waals surface area contributed by atoms with Gasteiger partial charge in [0.1, 0.15) is 0 Å². The first-order valence-corrected chi connectivity index (χ1v) is 6.32. The molecule has 1 unspecified atom stereocenters. The number of aromatic nitrogens is 3. The molecule has 5 nitrogen and oxygen atoms in total. The van der Waals surface area contributed by atoms with Crippen molar-refractivity contribution in [2.24, 2.45) is 5.92 Å². The average Bonchev–Trinajstić information content (AvgIpc) is 2.28. The second-order valence-corrected chi connectivity index (χ2v) is 4.76. The second kappa shape index (κ2) is 5.80. The first kappa shape index (κ1) is 12.8. The third kappa shape index (κ3) is 3.66. The van der Waals surface area contributed by atoms with Gasteiger partial charge in [0.15, 0.2) is 0 Å². The van der Waals surface area contributed by atoms with Crippen molar-refractivity contribution in [2.75, 3.05) is 18.5 Å². The Labute approximate surface area is 110 Å². The van der Waals surface area contributed by atoms with E-state index in [1.165, 1.54) is 0 Å². The van der Waals surface area contributed by atoms with Crippen molar-refractivity contribution in [3.63, 3.8) is 0 Å². The number of ether oxygens (including phenoxy) is 1. The highest BCUT2D eigenvalue weighted by Crippen LogP contribution is 2.21. The van der Waals surface area contributed by atoms with Crippen LogP contribution in [0.5, 0.6) is 0 Å². The van der Waals surface area contributed by atoms with Gasteiger partial charge in [-0.2, -0.15) is 15.0 Å². The summed E-state index contributed by atoms with van der Waals surface area (Å²) < 4.78 is 5.33. The van der Waals surface area contributed by atoms with Gasteiger partial charge in [0.25, 0.3) is 0 Å². The van der Waals surface area contributed by atoms with Gasteiger partial charge in [-0.05, 0) is 48.9 Å². The van der Waals surface area contributed by atoms with Gasteiger partial charge in [-0.1, -0.05) is 0 Å². The molecule has 1 aliphatic heterocycles. The minimum absolute atomic E-state index is 0.103. The minimum Gasteiger partial charge on any atom is -0.381 e. The SMILES string of the molecule is CC(Nc1nc(Cl)nc(Cl)n1)C1CCOCC1. The molecule has 17 heavy (non-hydrogen) atoms. The fraction of sp³-hybridized carbons (Fsp3) is 0.700. The van der Waals surface area contributed by atoms with Gasteiger partial charge in [-0.3, -0.25) is 0 Å². The highest BCUT2D eigenvalue weighted by molar-refractivity contribution is 6.31. The van der Waals surface area contributed by atoms with Gasteiger partial charge in [0.05, 0.1) is 0 Å². The summed E-state index contributed by atoms with van der Waals surface area (Å²) in [5.74, 6) is 0.979. The van der Waals surface area contributed by atoms with E-state index >= 15 is 0 Å². The van der Waals surface area contributed by atoms with Gasteiger partial charge in [-0.25, -0.2) is 0 Å². The Bertz CT molecular complexity index is 364. The fourth-order valence-corrected chi connectivity index (χ4v) is 2.29. The van der Waals surface area contributed by atoms with Gasteiger partial charge in [-0.15, -0.1) is 0 Å². The molecule has 0 radical (unpaired) electrons. The third-order valence-electron chi connectivity index (χ3n) is 2.91. The molecule has 0 aliphatic carbocycles. The Morgan fingerprint density at radius 3 is 2.35 bits per heavy atom. The van der Waals surface area contributed by atoms with E-state index < -0.39 is 0 Å². The minimum atomic E-state index is 0.103. The average molecular weight is 277 g/mol. The zero-order chi connectivity index (χ0) is 12.3. The van der Waals surface area contributed by atoms with Crippen LogP contribution in [0.4, 0.5) is 5.95 Å². The summed E-state index contributed by atoms with van der Waals surface area (Å²) in [6.07, 6.45) is 2.08. The van der Waals surface area contributed by atoms with Crippen LogP contribution < -0.4 is 5.32 Å². The van der Waals surface area contributed by atoms with Crippen molar-refractivity contribution in [3.8, 4) is 0 Å². The van der Waals surface area contributed by atoms with Crippen LogP contribution in [-0.2, 0) is 4.74 Å². The molecule has 1 N–H and O–H groups in total. The van der Waals surface area contributed by atoms with Crippen LogP contribution in [0.25, 0.3) is 0 Å². The highest BCUT2D eigenvalue weighted by Gasteiger charge is 2.21. The van der Waals surface area contributed by atoms with Crippen LogP contribution in [0.3, 0.4) is 0 Å². The molecule has 1 aromatic rings. The lowest BCUT2D eigenvalue weighted by Crippen LogP contribution is -2.31. The molecule has 94 valence electrons. The van der Waals surface area contributed by atoms with E-state index in [4.69, 9.17) is 27.9 Å². The van der Waals surface area contributed by atoms with Crippen molar-refractivity contribution in [1.29, 1.82) is 0 Å². The summed E-state index contributed by atoms with van der Waals surface area (Å²) in [6, 6.07) is 0.258. The molecule has 0 saturated carbocycles. The third-order valence-corrected chi connectivity index (χ3v) is 3.25. The normalized spacial score (nSPS) is 19.0. The van der Waals surface area contributed by atoms with Gasteiger partial charge >= 0.3 is 0 Å². The molecule has 0 aromatic carbocycles. The van der Waals surface area contributed by atoms with E-state index in [2.05, 4.69) is 27.2 Å². The number of anilines is 1. The van der Waals surface area contributed by atoms with Crippen LogP contribution in [0.15, 0.2) is 0 Å². The van der Waals surface area contributed by atoms with E-state index in [0.717, 1.165) is 26.1 Å². The Morgan fingerprint density at radius 1 is 1.18 bits per heavy atom. The molecule has 2 rings (SSSR count). The zero-order valence-corrected chi connectivity index (χ0v) is 11.0. The zero-order valence-electron chi connectivity index (χ0n) is 9.49. The molecule has 0 amide bonds. The quantitative estimate of drug-likeness (QED) is 0.919. The maximum atomic E-state index is 5.71. The standard InChI is InChI=1S/C10H14Cl2N4O/c1-6(7-2-4-17-5-3-7)13-10-15-8(11)14-9(12)16-10/h6-7H,2-5H2,1H3,(H,13,14,15,16). The van der Waals surface area contributed by atoms with E-state index in [1.54, 1.807) is 0 Å². The van der Waals surface area contributed by atoms with E-state index in [9.17, 15) is 0 Å². The summed E-state index contributed by atoms with van der Waals surface area (Å²) in [5, 5.41) is 3.41. The van der Waals surface area contributed by atoms with Crippen LogP contribution >= 0.6 is 23.2 Å². The topological polar surface area (TPSA) is 59.9 Å².